The van der Waals surface area contributed by atoms with Crippen LogP contribution in [0.1, 0.15) is 23.2 Å². The van der Waals surface area contributed by atoms with Gasteiger partial charge in [-0.1, -0.05) is 18.2 Å². The Bertz CT molecular complexity index is 939. The number of hydrogen-bond donors (Lipinski definition) is 0. The molecule has 1 aliphatic rings. The predicted octanol–water partition coefficient (Wildman–Crippen LogP) is 3.45. The summed E-state index contributed by atoms with van der Waals surface area (Å²) in [6.07, 6.45) is 3.03. The Morgan fingerprint density at radius 2 is 1.85 bits per heavy atom. The molecular weight excluding hydrogens is 333 g/mol. The van der Waals surface area contributed by atoms with Crippen LogP contribution in [0.3, 0.4) is 0 Å². The first-order valence-corrected chi connectivity index (χ1v) is 8.62. The van der Waals surface area contributed by atoms with Crippen LogP contribution < -0.4 is 4.74 Å². The maximum atomic E-state index is 13.3. The van der Waals surface area contributed by atoms with Crippen molar-refractivity contribution >= 4 is 16.9 Å². The molecule has 1 fully saturated rings. The first-order valence-electron chi connectivity index (χ1n) is 8.62. The molecule has 1 amide bonds. The third-order valence-electron chi connectivity index (χ3n) is 4.51. The number of rotatable bonds is 3. The van der Waals surface area contributed by atoms with E-state index in [9.17, 15) is 9.18 Å². The van der Waals surface area contributed by atoms with Crippen molar-refractivity contribution in [3.8, 4) is 5.88 Å². The van der Waals surface area contributed by atoms with Gasteiger partial charge < -0.3 is 9.64 Å². The Morgan fingerprint density at radius 1 is 1.08 bits per heavy atom. The molecule has 0 N–H and O–H groups in total. The van der Waals surface area contributed by atoms with E-state index in [1.165, 1.54) is 12.1 Å². The molecule has 132 valence electrons. The number of piperidine rings is 1. The number of para-hydroxylation sites is 2. The molecule has 0 radical (unpaired) electrons. The van der Waals surface area contributed by atoms with Gasteiger partial charge in [-0.25, -0.2) is 14.4 Å². The largest absolute Gasteiger partial charge is 0.473 e. The molecule has 0 saturated carbocycles. The van der Waals surface area contributed by atoms with Gasteiger partial charge in [-0.3, -0.25) is 4.79 Å². The minimum absolute atomic E-state index is 0.0120. The Hall–Kier alpha value is -3.02. The summed E-state index contributed by atoms with van der Waals surface area (Å²) in [6.45, 7) is 1.14. The van der Waals surface area contributed by atoms with E-state index < -0.39 is 5.82 Å². The van der Waals surface area contributed by atoms with Crippen LogP contribution in [0.15, 0.2) is 54.7 Å². The maximum Gasteiger partial charge on any atom is 0.253 e. The quantitative estimate of drug-likeness (QED) is 0.725. The Morgan fingerprint density at radius 3 is 2.62 bits per heavy atom. The highest BCUT2D eigenvalue weighted by Crippen LogP contribution is 2.20. The highest BCUT2D eigenvalue weighted by atomic mass is 19.1. The van der Waals surface area contributed by atoms with E-state index in [1.807, 2.05) is 24.3 Å². The number of aromatic nitrogens is 2. The molecule has 26 heavy (non-hydrogen) atoms. The zero-order valence-electron chi connectivity index (χ0n) is 14.1. The standard InChI is InChI=1S/C20H18FN3O2/c21-15-5-3-4-14(12-15)20(25)24-10-8-16(9-11-24)26-19-13-22-17-6-1-2-7-18(17)23-19/h1-7,12-13,16H,8-11H2. The number of fused-ring (bicyclic) bond motifs is 1. The molecule has 0 aliphatic carbocycles. The number of likely N-dealkylation sites (tertiary alicyclic amines) is 1. The van der Waals surface area contributed by atoms with Crippen LogP contribution in [-0.2, 0) is 0 Å². The van der Waals surface area contributed by atoms with Crippen molar-refractivity contribution in [3.05, 3.63) is 66.1 Å². The van der Waals surface area contributed by atoms with E-state index in [0.29, 0.717) is 37.4 Å². The van der Waals surface area contributed by atoms with Crippen molar-refractivity contribution in [1.82, 2.24) is 14.9 Å². The molecule has 3 aromatic rings. The van der Waals surface area contributed by atoms with Gasteiger partial charge in [-0.2, -0.15) is 0 Å². The van der Waals surface area contributed by atoms with Crippen molar-refractivity contribution in [2.75, 3.05) is 13.1 Å². The van der Waals surface area contributed by atoms with Gasteiger partial charge in [0.1, 0.15) is 11.9 Å². The second-order valence-corrected chi connectivity index (χ2v) is 6.32. The summed E-state index contributed by atoms with van der Waals surface area (Å²) in [5.74, 6) is -0.0454. The molecule has 2 heterocycles. The number of carbonyl (C=O) groups excluding carboxylic acids is 1. The van der Waals surface area contributed by atoms with Crippen molar-refractivity contribution in [2.24, 2.45) is 0 Å². The number of benzene rings is 2. The van der Waals surface area contributed by atoms with Gasteiger partial charge in [-0.15, -0.1) is 0 Å². The number of ether oxygens (including phenoxy) is 1. The fraction of sp³-hybridized carbons (Fsp3) is 0.250. The predicted molar refractivity (Wildman–Crippen MR) is 95.5 cm³/mol. The zero-order chi connectivity index (χ0) is 17.9. The summed E-state index contributed by atoms with van der Waals surface area (Å²) in [6, 6.07) is 13.4. The fourth-order valence-electron chi connectivity index (χ4n) is 3.15. The normalized spacial score (nSPS) is 15.2. The molecular formula is C20H18FN3O2. The molecule has 0 unspecified atom stereocenters. The number of amides is 1. The smallest absolute Gasteiger partial charge is 0.253 e. The van der Waals surface area contributed by atoms with Crippen molar-refractivity contribution in [3.63, 3.8) is 0 Å². The second-order valence-electron chi connectivity index (χ2n) is 6.32. The van der Waals surface area contributed by atoms with Crippen LogP contribution in [0, 0.1) is 5.82 Å². The van der Waals surface area contributed by atoms with E-state index in [1.54, 1.807) is 23.2 Å². The molecule has 5 nitrogen and oxygen atoms in total. The summed E-state index contributed by atoms with van der Waals surface area (Å²) in [5, 5.41) is 0. The first kappa shape index (κ1) is 16.4. The number of carbonyl (C=O) groups is 1. The van der Waals surface area contributed by atoms with Gasteiger partial charge in [0, 0.05) is 31.5 Å². The van der Waals surface area contributed by atoms with Crippen molar-refractivity contribution in [2.45, 2.75) is 18.9 Å². The van der Waals surface area contributed by atoms with Crippen LogP contribution in [0.5, 0.6) is 5.88 Å². The minimum atomic E-state index is -0.399. The summed E-state index contributed by atoms with van der Waals surface area (Å²) in [4.78, 5) is 23.0. The second kappa shape index (κ2) is 7.07. The number of halogens is 1. The van der Waals surface area contributed by atoms with E-state index >= 15 is 0 Å². The monoisotopic (exact) mass is 351 g/mol. The summed E-state index contributed by atoms with van der Waals surface area (Å²) in [5.41, 5.74) is 2.00. The summed E-state index contributed by atoms with van der Waals surface area (Å²) < 4.78 is 19.3. The zero-order valence-corrected chi connectivity index (χ0v) is 14.1. The lowest BCUT2D eigenvalue weighted by molar-refractivity contribution is 0.0587. The van der Waals surface area contributed by atoms with Crippen LogP contribution in [0.2, 0.25) is 0 Å². The van der Waals surface area contributed by atoms with Crippen LogP contribution in [-0.4, -0.2) is 40.0 Å². The van der Waals surface area contributed by atoms with E-state index in [-0.39, 0.29) is 12.0 Å². The van der Waals surface area contributed by atoms with Gasteiger partial charge in [0.15, 0.2) is 0 Å². The molecule has 1 aromatic heterocycles. The third-order valence-corrected chi connectivity index (χ3v) is 4.51. The van der Waals surface area contributed by atoms with Gasteiger partial charge in [0.2, 0.25) is 5.88 Å². The number of hydrogen-bond acceptors (Lipinski definition) is 4. The molecule has 0 atom stereocenters. The van der Waals surface area contributed by atoms with Gasteiger partial charge >= 0.3 is 0 Å². The van der Waals surface area contributed by atoms with Gasteiger partial charge in [-0.05, 0) is 30.3 Å². The third kappa shape index (κ3) is 3.49. The minimum Gasteiger partial charge on any atom is -0.473 e. The molecule has 2 aromatic carbocycles. The molecule has 4 rings (SSSR count). The van der Waals surface area contributed by atoms with E-state index in [0.717, 1.165) is 11.0 Å². The molecule has 0 spiro atoms. The van der Waals surface area contributed by atoms with Crippen LogP contribution in [0.4, 0.5) is 4.39 Å². The fourth-order valence-corrected chi connectivity index (χ4v) is 3.15. The van der Waals surface area contributed by atoms with Gasteiger partial charge in [0.25, 0.3) is 5.91 Å². The highest BCUT2D eigenvalue weighted by molar-refractivity contribution is 5.94. The molecule has 6 heteroatoms. The Kier molecular flexibility index (Phi) is 4.48. The summed E-state index contributed by atoms with van der Waals surface area (Å²) >= 11 is 0. The van der Waals surface area contributed by atoms with E-state index in [4.69, 9.17) is 4.74 Å². The average molecular weight is 351 g/mol. The maximum absolute atomic E-state index is 13.3. The van der Waals surface area contributed by atoms with Crippen molar-refractivity contribution < 1.29 is 13.9 Å². The lowest BCUT2D eigenvalue weighted by atomic mass is 10.1. The van der Waals surface area contributed by atoms with Crippen LogP contribution in [0.25, 0.3) is 11.0 Å². The topological polar surface area (TPSA) is 55.3 Å². The Balaban J connectivity index is 1.37. The van der Waals surface area contributed by atoms with E-state index in [2.05, 4.69) is 9.97 Å². The SMILES string of the molecule is O=C(c1cccc(F)c1)N1CCC(Oc2cnc3ccccc3n2)CC1. The highest BCUT2D eigenvalue weighted by Gasteiger charge is 2.25. The molecule has 1 aliphatic heterocycles. The average Bonchev–Trinajstić information content (AvgIpc) is 2.68. The summed E-state index contributed by atoms with van der Waals surface area (Å²) in [7, 11) is 0. The van der Waals surface area contributed by atoms with Crippen LogP contribution >= 0.6 is 0 Å². The lowest BCUT2D eigenvalue weighted by Crippen LogP contribution is -2.41. The van der Waals surface area contributed by atoms with Crippen molar-refractivity contribution in [1.29, 1.82) is 0 Å². The molecule has 0 bridgehead atoms. The number of nitrogens with zero attached hydrogens (tertiary/aromatic N) is 3. The first-order chi connectivity index (χ1) is 12.7. The van der Waals surface area contributed by atoms with Gasteiger partial charge in [0.05, 0.1) is 17.2 Å². The Labute approximate surface area is 150 Å². The molecule has 1 saturated heterocycles. The lowest BCUT2D eigenvalue weighted by Gasteiger charge is -2.32.